The van der Waals surface area contributed by atoms with Crippen molar-refractivity contribution in [2.75, 3.05) is 5.32 Å². The van der Waals surface area contributed by atoms with Crippen LogP contribution in [0.15, 0.2) is 42.6 Å². The largest absolute Gasteiger partial charge is 0.373 e. The van der Waals surface area contributed by atoms with Gasteiger partial charge in [-0.1, -0.05) is 23.8 Å². The van der Waals surface area contributed by atoms with Gasteiger partial charge in [0.1, 0.15) is 6.23 Å². The van der Waals surface area contributed by atoms with Crippen molar-refractivity contribution >= 4 is 5.69 Å². The van der Waals surface area contributed by atoms with Gasteiger partial charge in [-0.15, -0.1) is 0 Å². The van der Waals surface area contributed by atoms with Crippen molar-refractivity contribution in [2.24, 2.45) is 0 Å². The molecular weight excluding hydrogens is 224 g/mol. The molecule has 0 saturated carbocycles. The number of nitrogens with one attached hydrogen (secondary N) is 1. The van der Waals surface area contributed by atoms with E-state index in [0.29, 0.717) is 6.42 Å². The molecule has 1 aromatic heterocycles. The van der Waals surface area contributed by atoms with Gasteiger partial charge in [-0.3, -0.25) is 4.98 Å². The smallest absolute Gasteiger partial charge is 0.128 e. The molecule has 1 heterocycles. The molecule has 1 atom stereocenters. The van der Waals surface area contributed by atoms with Crippen LogP contribution in [0.1, 0.15) is 16.8 Å². The van der Waals surface area contributed by atoms with Gasteiger partial charge in [0.2, 0.25) is 0 Å². The van der Waals surface area contributed by atoms with Crippen LogP contribution in [0.4, 0.5) is 5.69 Å². The van der Waals surface area contributed by atoms with E-state index in [4.69, 9.17) is 0 Å². The summed E-state index contributed by atoms with van der Waals surface area (Å²) in [5.74, 6) is 0. The normalized spacial score (nSPS) is 12.2. The van der Waals surface area contributed by atoms with Gasteiger partial charge in [-0.05, 0) is 37.6 Å². The second-order valence-corrected chi connectivity index (χ2v) is 4.54. The monoisotopic (exact) mass is 242 g/mol. The van der Waals surface area contributed by atoms with Crippen LogP contribution in [0.5, 0.6) is 0 Å². The van der Waals surface area contributed by atoms with Crippen molar-refractivity contribution in [1.29, 1.82) is 0 Å². The van der Waals surface area contributed by atoms with Crippen LogP contribution >= 0.6 is 0 Å². The molecule has 0 amide bonds. The number of pyridine rings is 1. The topological polar surface area (TPSA) is 45.1 Å². The molecule has 1 aromatic carbocycles. The van der Waals surface area contributed by atoms with Crippen LogP contribution in [-0.4, -0.2) is 16.3 Å². The zero-order valence-electron chi connectivity index (χ0n) is 10.7. The number of rotatable bonds is 4. The minimum Gasteiger partial charge on any atom is -0.373 e. The molecule has 2 N–H and O–H groups in total. The first-order valence-corrected chi connectivity index (χ1v) is 6.06. The lowest BCUT2D eigenvalue weighted by Gasteiger charge is -2.14. The van der Waals surface area contributed by atoms with E-state index in [1.54, 1.807) is 6.20 Å². The molecule has 2 aromatic rings. The van der Waals surface area contributed by atoms with E-state index in [1.165, 1.54) is 5.56 Å². The van der Waals surface area contributed by atoms with E-state index in [2.05, 4.69) is 10.3 Å². The molecule has 0 bridgehead atoms. The Hall–Kier alpha value is -1.87. The lowest BCUT2D eigenvalue weighted by Crippen LogP contribution is -2.21. The van der Waals surface area contributed by atoms with Crippen molar-refractivity contribution < 1.29 is 5.11 Å². The molecule has 18 heavy (non-hydrogen) atoms. The molecule has 0 saturated heterocycles. The van der Waals surface area contributed by atoms with Crippen molar-refractivity contribution in [3.8, 4) is 0 Å². The number of anilines is 1. The quantitative estimate of drug-likeness (QED) is 0.810. The lowest BCUT2D eigenvalue weighted by atomic mass is 10.1. The highest BCUT2D eigenvalue weighted by Crippen LogP contribution is 2.11. The number of aliphatic hydroxyl groups excluding tert-OH is 1. The molecule has 0 aliphatic carbocycles. The first-order valence-electron chi connectivity index (χ1n) is 6.06. The van der Waals surface area contributed by atoms with Crippen LogP contribution in [0.3, 0.4) is 0 Å². The van der Waals surface area contributed by atoms with Crippen LogP contribution in [0.2, 0.25) is 0 Å². The fourth-order valence-electron chi connectivity index (χ4n) is 1.74. The standard InChI is InChI=1S/C15H18N2O/c1-11-3-7-14(8-4-11)17-15(18)9-13-6-5-12(2)16-10-13/h3-8,10,15,17-18H,9H2,1-2H3. The first-order chi connectivity index (χ1) is 8.63. The number of aromatic nitrogens is 1. The third-order valence-corrected chi connectivity index (χ3v) is 2.79. The van der Waals surface area contributed by atoms with Crippen LogP contribution in [0.25, 0.3) is 0 Å². The van der Waals surface area contributed by atoms with Crippen molar-refractivity contribution in [3.63, 3.8) is 0 Å². The summed E-state index contributed by atoms with van der Waals surface area (Å²) in [6.45, 7) is 3.99. The van der Waals surface area contributed by atoms with E-state index < -0.39 is 6.23 Å². The van der Waals surface area contributed by atoms with Gasteiger partial charge in [-0.2, -0.15) is 0 Å². The minimum absolute atomic E-state index is 0.543. The fourth-order valence-corrected chi connectivity index (χ4v) is 1.74. The molecule has 0 radical (unpaired) electrons. The van der Waals surface area contributed by atoms with E-state index in [-0.39, 0.29) is 0 Å². The maximum atomic E-state index is 9.96. The van der Waals surface area contributed by atoms with E-state index >= 15 is 0 Å². The molecule has 0 aliphatic rings. The molecule has 0 fully saturated rings. The lowest BCUT2D eigenvalue weighted by molar-refractivity contribution is 0.204. The number of hydrogen-bond acceptors (Lipinski definition) is 3. The Morgan fingerprint density at radius 3 is 2.44 bits per heavy atom. The van der Waals surface area contributed by atoms with Gasteiger partial charge in [0.15, 0.2) is 0 Å². The Morgan fingerprint density at radius 2 is 1.83 bits per heavy atom. The van der Waals surface area contributed by atoms with Gasteiger partial charge >= 0.3 is 0 Å². The highest BCUT2D eigenvalue weighted by Gasteiger charge is 2.05. The SMILES string of the molecule is Cc1ccc(NC(O)Cc2ccc(C)nc2)cc1. The van der Waals surface area contributed by atoms with Gasteiger partial charge in [0, 0.05) is 24.0 Å². The van der Waals surface area contributed by atoms with Crippen LogP contribution in [0, 0.1) is 13.8 Å². The molecular formula is C15H18N2O. The summed E-state index contributed by atoms with van der Waals surface area (Å²) in [5.41, 5.74) is 4.14. The molecule has 1 unspecified atom stereocenters. The zero-order chi connectivity index (χ0) is 13.0. The summed E-state index contributed by atoms with van der Waals surface area (Å²) in [6, 6.07) is 11.9. The predicted octanol–water partition coefficient (Wildman–Crippen LogP) is 2.67. The molecule has 3 heteroatoms. The van der Waals surface area contributed by atoms with E-state index in [1.807, 2.05) is 50.2 Å². The summed E-state index contributed by atoms with van der Waals surface area (Å²) >= 11 is 0. The average molecular weight is 242 g/mol. The Balaban J connectivity index is 1.94. The second kappa shape index (κ2) is 5.65. The average Bonchev–Trinajstić information content (AvgIpc) is 2.35. The van der Waals surface area contributed by atoms with Gasteiger partial charge in [0.05, 0.1) is 0 Å². The summed E-state index contributed by atoms with van der Waals surface area (Å²) in [7, 11) is 0. The van der Waals surface area contributed by atoms with E-state index in [0.717, 1.165) is 16.9 Å². The number of hydrogen-bond donors (Lipinski definition) is 2. The number of benzene rings is 1. The maximum Gasteiger partial charge on any atom is 0.128 e. The summed E-state index contributed by atoms with van der Waals surface area (Å²) in [6.07, 6.45) is 1.74. The molecule has 2 rings (SSSR count). The Morgan fingerprint density at radius 1 is 1.11 bits per heavy atom. The zero-order valence-corrected chi connectivity index (χ0v) is 10.7. The van der Waals surface area contributed by atoms with E-state index in [9.17, 15) is 5.11 Å². The number of aliphatic hydroxyl groups is 1. The Bertz CT molecular complexity index is 443. The van der Waals surface area contributed by atoms with Crippen LogP contribution in [-0.2, 0) is 6.42 Å². The molecule has 3 nitrogen and oxygen atoms in total. The molecule has 0 aliphatic heterocycles. The Labute approximate surface area is 108 Å². The first kappa shape index (κ1) is 12.6. The number of nitrogens with zero attached hydrogens (tertiary/aromatic N) is 1. The molecule has 0 spiro atoms. The highest BCUT2D eigenvalue weighted by atomic mass is 16.3. The van der Waals surface area contributed by atoms with Gasteiger partial charge < -0.3 is 10.4 Å². The third-order valence-electron chi connectivity index (χ3n) is 2.79. The summed E-state index contributed by atoms with van der Waals surface area (Å²) < 4.78 is 0. The fraction of sp³-hybridized carbons (Fsp3) is 0.267. The Kier molecular flexibility index (Phi) is 3.95. The highest BCUT2D eigenvalue weighted by molar-refractivity contribution is 5.44. The van der Waals surface area contributed by atoms with Crippen molar-refractivity contribution in [1.82, 2.24) is 4.98 Å². The van der Waals surface area contributed by atoms with Gasteiger partial charge in [0.25, 0.3) is 0 Å². The maximum absolute atomic E-state index is 9.96. The second-order valence-electron chi connectivity index (χ2n) is 4.54. The van der Waals surface area contributed by atoms with Crippen molar-refractivity contribution in [3.05, 3.63) is 59.4 Å². The molecule has 94 valence electrons. The van der Waals surface area contributed by atoms with Crippen molar-refractivity contribution in [2.45, 2.75) is 26.5 Å². The van der Waals surface area contributed by atoms with Crippen LogP contribution < -0.4 is 5.32 Å². The number of aryl methyl sites for hydroxylation is 2. The third kappa shape index (κ3) is 3.57. The predicted molar refractivity (Wildman–Crippen MR) is 73.5 cm³/mol. The minimum atomic E-state index is -0.600. The summed E-state index contributed by atoms with van der Waals surface area (Å²) in [5, 5.41) is 13.0. The van der Waals surface area contributed by atoms with Gasteiger partial charge in [-0.25, -0.2) is 0 Å². The summed E-state index contributed by atoms with van der Waals surface area (Å²) in [4.78, 5) is 4.21.